The molecule has 0 saturated carbocycles. The Hall–Kier alpha value is -1.97. The molecular weight excluding hydrogens is 231 g/mol. The maximum atomic E-state index is 13.3. The van der Waals surface area contributed by atoms with Gasteiger partial charge in [-0.05, 0) is 24.1 Å². The summed E-state index contributed by atoms with van der Waals surface area (Å²) in [5.41, 5.74) is 2.85. The van der Waals surface area contributed by atoms with Crippen molar-refractivity contribution in [3.05, 3.63) is 41.5 Å². The SMILES string of the molecule is CCCc1nn(C)cc1-c1ccc(F)c(C=O)c1. The average Bonchev–Trinajstić information content (AvgIpc) is 2.71. The Morgan fingerprint density at radius 2 is 2.22 bits per heavy atom. The minimum Gasteiger partial charge on any atom is -0.298 e. The largest absolute Gasteiger partial charge is 0.298 e. The molecule has 0 radical (unpaired) electrons. The van der Waals surface area contributed by atoms with Gasteiger partial charge in [0.2, 0.25) is 0 Å². The summed E-state index contributed by atoms with van der Waals surface area (Å²) < 4.78 is 15.0. The number of carbonyl (C=O) groups is 1. The first-order chi connectivity index (χ1) is 8.65. The van der Waals surface area contributed by atoms with Crippen LogP contribution in [0.15, 0.2) is 24.4 Å². The van der Waals surface area contributed by atoms with Crippen LogP contribution in [0, 0.1) is 5.82 Å². The molecule has 0 amide bonds. The summed E-state index contributed by atoms with van der Waals surface area (Å²) in [6.45, 7) is 2.08. The third-order valence-electron chi connectivity index (χ3n) is 2.83. The molecule has 1 heterocycles. The molecule has 1 aromatic heterocycles. The molecule has 3 nitrogen and oxygen atoms in total. The molecule has 2 rings (SSSR count). The van der Waals surface area contributed by atoms with Crippen LogP contribution in [0.3, 0.4) is 0 Å². The van der Waals surface area contributed by atoms with Gasteiger partial charge in [0.15, 0.2) is 6.29 Å². The molecular formula is C14H15FN2O. The number of aryl methyl sites for hydroxylation is 2. The lowest BCUT2D eigenvalue weighted by molar-refractivity contribution is 0.112. The van der Waals surface area contributed by atoms with E-state index in [1.54, 1.807) is 16.8 Å². The minimum absolute atomic E-state index is 0.0822. The third kappa shape index (κ3) is 2.32. The van der Waals surface area contributed by atoms with Gasteiger partial charge in [-0.3, -0.25) is 9.48 Å². The second-order valence-electron chi connectivity index (χ2n) is 4.27. The summed E-state index contributed by atoms with van der Waals surface area (Å²) in [6, 6.07) is 4.57. The smallest absolute Gasteiger partial charge is 0.153 e. The molecule has 0 N–H and O–H groups in total. The summed E-state index contributed by atoms with van der Waals surface area (Å²) in [5, 5.41) is 4.39. The molecule has 1 aromatic carbocycles. The number of carbonyl (C=O) groups excluding carboxylic acids is 1. The lowest BCUT2D eigenvalue weighted by Gasteiger charge is -2.03. The molecule has 0 atom stereocenters. The van der Waals surface area contributed by atoms with E-state index in [-0.39, 0.29) is 5.56 Å². The van der Waals surface area contributed by atoms with Crippen LogP contribution in [0.2, 0.25) is 0 Å². The van der Waals surface area contributed by atoms with E-state index in [0.717, 1.165) is 29.7 Å². The summed E-state index contributed by atoms with van der Waals surface area (Å²) >= 11 is 0. The number of hydrogen-bond donors (Lipinski definition) is 0. The monoisotopic (exact) mass is 246 g/mol. The zero-order chi connectivity index (χ0) is 13.1. The van der Waals surface area contributed by atoms with E-state index in [4.69, 9.17) is 0 Å². The zero-order valence-corrected chi connectivity index (χ0v) is 10.5. The zero-order valence-electron chi connectivity index (χ0n) is 10.5. The lowest BCUT2D eigenvalue weighted by Crippen LogP contribution is -1.92. The fourth-order valence-electron chi connectivity index (χ4n) is 2.00. The number of nitrogens with zero attached hydrogens (tertiary/aromatic N) is 2. The van der Waals surface area contributed by atoms with Gasteiger partial charge in [-0.25, -0.2) is 4.39 Å². The number of benzene rings is 1. The molecule has 94 valence electrons. The molecule has 0 aliphatic rings. The highest BCUT2D eigenvalue weighted by Gasteiger charge is 2.11. The van der Waals surface area contributed by atoms with E-state index in [1.165, 1.54) is 6.07 Å². The molecule has 0 bridgehead atoms. The van der Waals surface area contributed by atoms with Crippen molar-refractivity contribution < 1.29 is 9.18 Å². The minimum atomic E-state index is -0.491. The molecule has 0 aliphatic heterocycles. The van der Waals surface area contributed by atoms with Crippen molar-refractivity contribution in [2.75, 3.05) is 0 Å². The molecule has 0 aliphatic carbocycles. The van der Waals surface area contributed by atoms with Gasteiger partial charge in [0.05, 0.1) is 11.3 Å². The van der Waals surface area contributed by atoms with Gasteiger partial charge in [0, 0.05) is 18.8 Å². The van der Waals surface area contributed by atoms with Gasteiger partial charge in [0.25, 0.3) is 0 Å². The van der Waals surface area contributed by atoms with Crippen LogP contribution in [-0.2, 0) is 13.5 Å². The predicted octanol–water partition coefficient (Wildman–Crippen LogP) is 2.99. The summed E-state index contributed by atoms with van der Waals surface area (Å²) in [5.74, 6) is -0.491. The van der Waals surface area contributed by atoms with Crippen molar-refractivity contribution in [2.24, 2.45) is 7.05 Å². The predicted molar refractivity (Wildman–Crippen MR) is 68.0 cm³/mol. The van der Waals surface area contributed by atoms with Crippen LogP contribution in [-0.4, -0.2) is 16.1 Å². The third-order valence-corrected chi connectivity index (χ3v) is 2.83. The normalized spacial score (nSPS) is 10.6. The Labute approximate surface area is 105 Å². The van der Waals surface area contributed by atoms with Gasteiger partial charge in [-0.2, -0.15) is 5.10 Å². The molecule has 0 spiro atoms. The molecule has 2 aromatic rings. The first-order valence-corrected chi connectivity index (χ1v) is 5.93. The van der Waals surface area contributed by atoms with Gasteiger partial charge >= 0.3 is 0 Å². The number of hydrogen-bond acceptors (Lipinski definition) is 2. The van der Waals surface area contributed by atoms with Crippen LogP contribution < -0.4 is 0 Å². The van der Waals surface area contributed by atoms with E-state index in [2.05, 4.69) is 12.0 Å². The second-order valence-corrected chi connectivity index (χ2v) is 4.27. The first kappa shape index (κ1) is 12.5. The highest BCUT2D eigenvalue weighted by Crippen LogP contribution is 2.25. The van der Waals surface area contributed by atoms with Gasteiger partial charge in [-0.15, -0.1) is 0 Å². The molecule has 18 heavy (non-hydrogen) atoms. The fourth-order valence-corrected chi connectivity index (χ4v) is 2.00. The Morgan fingerprint density at radius 3 is 2.89 bits per heavy atom. The quantitative estimate of drug-likeness (QED) is 0.777. The standard InChI is InChI=1S/C14H15FN2O/c1-3-4-14-12(8-17(2)16-14)10-5-6-13(15)11(7-10)9-18/h5-9H,3-4H2,1-2H3. The molecule has 4 heteroatoms. The van der Waals surface area contributed by atoms with E-state index in [1.807, 2.05) is 13.2 Å². The van der Waals surface area contributed by atoms with Gasteiger partial charge < -0.3 is 0 Å². The molecule has 0 unspecified atom stereocenters. The van der Waals surface area contributed by atoms with E-state index in [9.17, 15) is 9.18 Å². The Bertz CT molecular complexity index is 575. The number of halogens is 1. The Balaban J connectivity index is 2.50. The summed E-state index contributed by atoms with van der Waals surface area (Å²) in [6.07, 6.45) is 4.29. The average molecular weight is 246 g/mol. The number of aromatic nitrogens is 2. The van der Waals surface area contributed by atoms with Crippen molar-refractivity contribution in [1.82, 2.24) is 9.78 Å². The van der Waals surface area contributed by atoms with Crippen molar-refractivity contribution in [3.63, 3.8) is 0 Å². The maximum Gasteiger partial charge on any atom is 0.153 e. The van der Waals surface area contributed by atoms with Crippen molar-refractivity contribution >= 4 is 6.29 Å². The topological polar surface area (TPSA) is 34.9 Å². The number of aldehydes is 1. The first-order valence-electron chi connectivity index (χ1n) is 5.93. The highest BCUT2D eigenvalue weighted by molar-refractivity contribution is 5.79. The van der Waals surface area contributed by atoms with Crippen LogP contribution in [0.5, 0.6) is 0 Å². The van der Waals surface area contributed by atoms with Gasteiger partial charge in [0.1, 0.15) is 5.82 Å². The van der Waals surface area contributed by atoms with Crippen LogP contribution in [0.4, 0.5) is 4.39 Å². The summed E-state index contributed by atoms with van der Waals surface area (Å²) in [7, 11) is 1.85. The van der Waals surface area contributed by atoms with Gasteiger partial charge in [-0.1, -0.05) is 19.4 Å². The highest BCUT2D eigenvalue weighted by atomic mass is 19.1. The van der Waals surface area contributed by atoms with Crippen LogP contribution in [0.1, 0.15) is 29.4 Å². The summed E-state index contributed by atoms with van der Waals surface area (Å²) in [4.78, 5) is 10.8. The molecule has 0 saturated heterocycles. The van der Waals surface area contributed by atoms with Crippen LogP contribution >= 0.6 is 0 Å². The fraction of sp³-hybridized carbons (Fsp3) is 0.286. The van der Waals surface area contributed by atoms with Crippen LogP contribution in [0.25, 0.3) is 11.1 Å². The maximum absolute atomic E-state index is 13.3. The van der Waals surface area contributed by atoms with E-state index < -0.39 is 5.82 Å². The van der Waals surface area contributed by atoms with E-state index >= 15 is 0 Å². The van der Waals surface area contributed by atoms with Crippen molar-refractivity contribution in [3.8, 4) is 11.1 Å². The second kappa shape index (κ2) is 5.12. The van der Waals surface area contributed by atoms with Crippen molar-refractivity contribution in [2.45, 2.75) is 19.8 Å². The Morgan fingerprint density at radius 1 is 1.44 bits per heavy atom. The number of rotatable bonds is 4. The lowest BCUT2D eigenvalue weighted by atomic mass is 10.0. The molecule has 0 fully saturated rings. The van der Waals surface area contributed by atoms with E-state index in [0.29, 0.717) is 6.29 Å². The Kier molecular flexibility index (Phi) is 3.55. The van der Waals surface area contributed by atoms with Crippen molar-refractivity contribution in [1.29, 1.82) is 0 Å².